The Hall–Kier alpha value is -2.38. The van der Waals surface area contributed by atoms with Gasteiger partial charge in [0.25, 0.3) is 0 Å². The maximum atomic E-state index is 5.01. The molecular weight excluding hydrogens is 446 g/mol. The van der Waals surface area contributed by atoms with Crippen LogP contribution < -0.4 is 5.32 Å². The summed E-state index contributed by atoms with van der Waals surface area (Å²) in [5, 5.41) is 15.5. The zero-order valence-electron chi connectivity index (χ0n) is 19.3. The van der Waals surface area contributed by atoms with Gasteiger partial charge < -0.3 is 10.1 Å². The highest BCUT2D eigenvalue weighted by Crippen LogP contribution is 2.36. The van der Waals surface area contributed by atoms with Gasteiger partial charge in [-0.05, 0) is 55.7 Å². The average molecular weight is 476 g/mol. The van der Waals surface area contributed by atoms with Crippen LogP contribution in [0, 0.1) is 20.8 Å². The number of morpholine rings is 1. The summed E-state index contributed by atoms with van der Waals surface area (Å²) < 4.78 is 5.01. The van der Waals surface area contributed by atoms with Crippen LogP contribution in [0.5, 0.6) is 0 Å². The van der Waals surface area contributed by atoms with E-state index in [1.807, 2.05) is 0 Å². The molecule has 6 heteroatoms. The summed E-state index contributed by atoms with van der Waals surface area (Å²) in [4.78, 5) is 2.15. The third kappa shape index (κ3) is 6.15. The quantitative estimate of drug-likeness (QED) is 0.342. The van der Waals surface area contributed by atoms with Crippen molar-refractivity contribution in [2.45, 2.75) is 35.6 Å². The monoisotopic (exact) mass is 475 g/mol. The largest absolute Gasteiger partial charge is 0.379 e. The van der Waals surface area contributed by atoms with Crippen molar-refractivity contribution in [2.75, 3.05) is 26.3 Å². The zero-order valence-corrected chi connectivity index (χ0v) is 21.0. The lowest BCUT2D eigenvalue weighted by atomic mass is 10.0. The molecule has 4 aromatic rings. The number of nitrogens with zero attached hydrogens (tertiary/aromatic N) is 2. The molecule has 1 aliphatic rings. The summed E-state index contributed by atoms with van der Waals surface area (Å²) in [6, 6.07) is 21.1. The molecule has 0 saturated carbocycles. The minimum Gasteiger partial charge on any atom is -0.379 e. The van der Waals surface area contributed by atoms with Crippen molar-refractivity contribution in [3.63, 3.8) is 0 Å². The van der Waals surface area contributed by atoms with Crippen molar-refractivity contribution in [3.8, 4) is 11.3 Å². The van der Waals surface area contributed by atoms with Crippen LogP contribution in [0.25, 0.3) is 22.0 Å². The van der Waals surface area contributed by atoms with E-state index in [4.69, 9.17) is 4.74 Å². The fourth-order valence-corrected chi connectivity index (χ4v) is 5.04. The van der Waals surface area contributed by atoms with Crippen molar-refractivity contribution in [3.05, 3.63) is 77.4 Å². The second-order valence-electron chi connectivity index (χ2n) is 8.19. The first kappa shape index (κ1) is 23.8. The first-order chi connectivity index (χ1) is 16.0. The molecule has 4 nitrogen and oxygen atoms in total. The molecule has 0 radical (unpaired) electrons. The number of aromatic nitrogens is 2. The van der Waals surface area contributed by atoms with Crippen molar-refractivity contribution in [1.82, 2.24) is 15.5 Å². The lowest BCUT2D eigenvalue weighted by Crippen LogP contribution is -2.30. The van der Waals surface area contributed by atoms with Gasteiger partial charge in [0.2, 0.25) is 0 Å². The molecule has 170 valence electrons. The predicted molar refractivity (Wildman–Crippen MR) is 141 cm³/mol. The first-order valence-corrected chi connectivity index (χ1v) is 12.4. The lowest BCUT2D eigenvalue weighted by molar-refractivity contribution is 0.109. The van der Waals surface area contributed by atoms with Crippen molar-refractivity contribution in [2.24, 2.45) is 0 Å². The number of nitrogens with one attached hydrogen (secondary N) is 1. The Morgan fingerprint density at radius 2 is 1.55 bits per heavy atom. The van der Waals surface area contributed by atoms with Gasteiger partial charge >= 0.3 is 0 Å². The van der Waals surface area contributed by atoms with Gasteiger partial charge in [-0.1, -0.05) is 54.2 Å². The van der Waals surface area contributed by atoms with Crippen LogP contribution in [0.2, 0.25) is 0 Å². The fraction of sp³-hybridized carbons (Fsp3) is 0.259. The van der Waals surface area contributed by atoms with Crippen molar-refractivity contribution in [1.29, 1.82) is 0 Å². The molecule has 0 amide bonds. The average Bonchev–Trinajstić information content (AvgIpc) is 2.82. The molecule has 3 aromatic carbocycles. The number of ether oxygens (including phenoxy) is 1. The van der Waals surface area contributed by atoms with Crippen LogP contribution in [0.15, 0.2) is 75.5 Å². The molecule has 0 unspecified atom stereocenters. The zero-order chi connectivity index (χ0) is 23.2. The van der Waals surface area contributed by atoms with E-state index in [-0.39, 0.29) is 0 Å². The summed E-state index contributed by atoms with van der Waals surface area (Å²) >= 11 is 6.23. The highest BCUT2D eigenvalue weighted by atomic mass is 32.2. The minimum absolute atomic E-state index is 0.889. The maximum Gasteiger partial charge on any atom is 0.131 e. The van der Waals surface area contributed by atoms with E-state index < -0.39 is 0 Å². The Labute approximate surface area is 205 Å². The Morgan fingerprint density at radius 3 is 2.15 bits per heavy atom. The van der Waals surface area contributed by atoms with Gasteiger partial charge in [-0.15, -0.1) is 22.8 Å². The number of rotatable bonds is 3. The summed E-state index contributed by atoms with van der Waals surface area (Å²) in [7, 11) is 0. The summed E-state index contributed by atoms with van der Waals surface area (Å²) in [6.45, 7) is 10.1. The minimum atomic E-state index is 0.889. The molecule has 2 heterocycles. The van der Waals surface area contributed by atoms with E-state index in [2.05, 4.69) is 110 Å². The number of hydrogen-bond donors (Lipinski definition) is 2. The maximum absolute atomic E-state index is 5.01. The third-order valence-electron chi connectivity index (χ3n) is 5.39. The molecule has 5 rings (SSSR count). The lowest BCUT2D eigenvalue weighted by Gasteiger charge is -2.11. The van der Waals surface area contributed by atoms with Crippen LogP contribution >= 0.6 is 24.4 Å². The van der Waals surface area contributed by atoms with Gasteiger partial charge in [-0.25, -0.2) is 0 Å². The van der Waals surface area contributed by atoms with Gasteiger partial charge in [0.05, 0.1) is 13.2 Å². The normalized spacial score (nSPS) is 13.5. The summed E-state index contributed by atoms with van der Waals surface area (Å²) in [5.41, 5.74) is 5.60. The standard InChI is InChI=1S/C23H20N2S2.C4H9NO/c1-14-10-15(2)12-18(11-14)27-23-20-7-5-4-6-19(20)22(24-25-23)17-9-8-16(3)21(26)13-17;1-3-6-4-2-5-1/h4-13,26H,1-3H3;5H,1-4H2. The highest BCUT2D eigenvalue weighted by Gasteiger charge is 2.13. The molecule has 0 aliphatic carbocycles. The van der Waals surface area contributed by atoms with Gasteiger partial charge in [0, 0.05) is 39.2 Å². The van der Waals surface area contributed by atoms with Crippen molar-refractivity contribution < 1.29 is 4.74 Å². The Bertz CT molecular complexity index is 1220. The first-order valence-electron chi connectivity index (χ1n) is 11.1. The molecule has 1 saturated heterocycles. The Kier molecular flexibility index (Phi) is 8.04. The summed E-state index contributed by atoms with van der Waals surface area (Å²) in [6.07, 6.45) is 0. The molecule has 1 aliphatic heterocycles. The topological polar surface area (TPSA) is 47.0 Å². The SMILES string of the molecule is C1COCCN1.Cc1cc(C)cc(Sc2nnc(-c3ccc(C)c(S)c3)c3ccccc23)c1. The second-order valence-corrected chi connectivity index (χ2v) is 9.73. The number of thiol groups is 1. The van der Waals surface area contributed by atoms with Crippen LogP contribution in [0.1, 0.15) is 16.7 Å². The molecule has 1 aromatic heterocycles. The van der Waals surface area contributed by atoms with Crippen LogP contribution in [0.4, 0.5) is 0 Å². The van der Waals surface area contributed by atoms with E-state index in [9.17, 15) is 0 Å². The van der Waals surface area contributed by atoms with E-state index in [0.29, 0.717) is 0 Å². The van der Waals surface area contributed by atoms with E-state index >= 15 is 0 Å². The molecule has 1 N–H and O–H groups in total. The molecule has 1 fully saturated rings. The highest BCUT2D eigenvalue weighted by molar-refractivity contribution is 7.99. The second kappa shape index (κ2) is 11.2. The van der Waals surface area contributed by atoms with E-state index in [1.54, 1.807) is 11.8 Å². The number of aryl methyl sites for hydroxylation is 3. The van der Waals surface area contributed by atoms with Crippen LogP contribution in [0.3, 0.4) is 0 Å². The number of hydrogen-bond acceptors (Lipinski definition) is 6. The molecular formula is C27H29N3OS2. The fourth-order valence-electron chi connectivity index (χ4n) is 3.74. The van der Waals surface area contributed by atoms with Gasteiger partial charge in [0.15, 0.2) is 0 Å². The molecule has 0 bridgehead atoms. The van der Waals surface area contributed by atoms with Crippen LogP contribution in [-0.4, -0.2) is 36.5 Å². The smallest absolute Gasteiger partial charge is 0.131 e. The predicted octanol–water partition coefficient (Wildman–Crippen LogP) is 6.27. The van der Waals surface area contributed by atoms with Crippen molar-refractivity contribution >= 4 is 35.2 Å². The van der Waals surface area contributed by atoms with Gasteiger partial charge in [-0.2, -0.15) is 0 Å². The molecule has 33 heavy (non-hydrogen) atoms. The Morgan fingerprint density at radius 1 is 0.848 bits per heavy atom. The number of benzene rings is 3. The number of fused-ring (bicyclic) bond motifs is 1. The summed E-state index contributed by atoms with van der Waals surface area (Å²) in [5.74, 6) is 0. The molecule has 0 atom stereocenters. The van der Waals surface area contributed by atoms with Crippen LogP contribution in [-0.2, 0) is 4.74 Å². The van der Waals surface area contributed by atoms with E-state index in [0.717, 1.165) is 63.8 Å². The Balaban J connectivity index is 0.000000376. The van der Waals surface area contributed by atoms with Gasteiger partial charge in [-0.3, -0.25) is 0 Å². The third-order valence-corrected chi connectivity index (χ3v) is 6.84. The van der Waals surface area contributed by atoms with Gasteiger partial charge in [0.1, 0.15) is 10.7 Å². The molecule has 0 spiro atoms. The van der Waals surface area contributed by atoms with E-state index in [1.165, 1.54) is 16.0 Å².